The van der Waals surface area contributed by atoms with Crippen molar-refractivity contribution in [1.29, 1.82) is 0 Å². The summed E-state index contributed by atoms with van der Waals surface area (Å²) in [6.45, 7) is 0. The third kappa shape index (κ3) is 3.51. The number of rotatable bonds is 4. The highest BCUT2D eigenvalue weighted by Gasteiger charge is 2.28. The van der Waals surface area contributed by atoms with Crippen LogP contribution in [0.3, 0.4) is 0 Å². The molecule has 0 aromatic carbocycles. The van der Waals surface area contributed by atoms with Crippen LogP contribution >= 0.6 is 0 Å². The quantitative estimate of drug-likeness (QED) is 0.574. The predicted octanol–water partition coefficient (Wildman–Crippen LogP) is 0.725. The van der Waals surface area contributed by atoms with Crippen LogP contribution in [0, 0.1) is 11.7 Å². The first-order chi connectivity index (χ1) is 8.08. The number of pyridine rings is 1. The molecular weight excluding hydrogens is 229 g/mol. The van der Waals surface area contributed by atoms with Crippen LogP contribution in [0.25, 0.3) is 0 Å². The SMILES string of the molecule is COC(=O)C(Cc1cncc(F)c1)C(=O)OC. The standard InChI is InChI=1S/C11H12FNO4/c1-16-10(14)9(11(15)17-2)4-7-3-8(12)6-13-5-7/h3,5-6,9H,4H2,1-2H3. The minimum Gasteiger partial charge on any atom is -0.468 e. The Morgan fingerprint density at radius 3 is 2.35 bits per heavy atom. The van der Waals surface area contributed by atoms with Gasteiger partial charge in [-0.15, -0.1) is 0 Å². The van der Waals surface area contributed by atoms with E-state index in [-0.39, 0.29) is 6.42 Å². The fourth-order valence-corrected chi connectivity index (χ4v) is 1.35. The average molecular weight is 241 g/mol. The minimum absolute atomic E-state index is 0.00981. The van der Waals surface area contributed by atoms with Crippen molar-refractivity contribution in [2.45, 2.75) is 6.42 Å². The summed E-state index contributed by atoms with van der Waals surface area (Å²) < 4.78 is 21.9. The van der Waals surface area contributed by atoms with Crippen LogP contribution in [-0.4, -0.2) is 31.1 Å². The molecule has 5 nitrogen and oxygen atoms in total. The van der Waals surface area contributed by atoms with Gasteiger partial charge in [0.2, 0.25) is 0 Å². The van der Waals surface area contributed by atoms with Crippen LogP contribution in [0.4, 0.5) is 4.39 Å². The molecule has 0 bridgehead atoms. The molecule has 0 fully saturated rings. The lowest BCUT2D eigenvalue weighted by Gasteiger charge is -2.11. The van der Waals surface area contributed by atoms with Gasteiger partial charge in [-0.05, 0) is 18.1 Å². The third-order valence-corrected chi connectivity index (χ3v) is 2.17. The molecular formula is C11H12FNO4. The number of hydrogen-bond acceptors (Lipinski definition) is 5. The molecule has 17 heavy (non-hydrogen) atoms. The number of hydrogen-bond donors (Lipinski definition) is 0. The molecule has 92 valence electrons. The minimum atomic E-state index is -1.10. The van der Waals surface area contributed by atoms with Crippen LogP contribution in [0.5, 0.6) is 0 Å². The number of methoxy groups -OCH3 is 2. The normalized spacial score (nSPS) is 10.1. The number of carbonyl (C=O) groups is 2. The summed E-state index contributed by atoms with van der Waals surface area (Å²) >= 11 is 0. The van der Waals surface area contributed by atoms with Gasteiger partial charge in [-0.25, -0.2) is 4.39 Å². The molecule has 0 atom stereocenters. The van der Waals surface area contributed by atoms with Crippen molar-refractivity contribution in [2.75, 3.05) is 14.2 Å². The highest BCUT2D eigenvalue weighted by molar-refractivity contribution is 5.95. The lowest BCUT2D eigenvalue weighted by molar-refractivity contribution is -0.158. The summed E-state index contributed by atoms with van der Waals surface area (Å²) in [5, 5.41) is 0. The van der Waals surface area contributed by atoms with Gasteiger partial charge in [-0.3, -0.25) is 14.6 Å². The van der Waals surface area contributed by atoms with Crippen molar-refractivity contribution in [3.05, 3.63) is 29.8 Å². The second-order valence-electron chi connectivity index (χ2n) is 3.31. The van der Waals surface area contributed by atoms with Crippen molar-refractivity contribution in [1.82, 2.24) is 4.98 Å². The largest absolute Gasteiger partial charge is 0.468 e. The zero-order valence-corrected chi connectivity index (χ0v) is 9.47. The first kappa shape index (κ1) is 13.1. The van der Waals surface area contributed by atoms with E-state index in [1.54, 1.807) is 0 Å². The van der Waals surface area contributed by atoms with Gasteiger partial charge in [0.15, 0.2) is 5.92 Å². The molecule has 1 rings (SSSR count). The zero-order chi connectivity index (χ0) is 12.8. The summed E-state index contributed by atoms with van der Waals surface area (Å²) in [5.41, 5.74) is 0.422. The van der Waals surface area contributed by atoms with E-state index in [1.807, 2.05) is 0 Å². The Kier molecular flexibility index (Phi) is 4.56. The Balaban J connectivity index is 2.86. The second kappa shape index (κ2) is 5.93. The third-order valence-electron chi connectivity index (χ3n) is 2.17. The Labute approximate surface area is 97.6 Å². The Morgan fingerprint density at radius 1 is 1.29 bits per heavy atom. The van der Waals surface area contributed by atoms with Crippen molar-refractivity contribution in [3.8, 4) is 0 Å². The van der Waals surface area contributed by atoms with Crippen LogP contribution in [-0.2, 0) is 25.5 Å². The maximum atomic E-state index is 12.9. The summed E-state index contributed by atoms with van der Waals surface area (Å²) in [6.07, 6.45) is 2.40. The molecule has 6 heteroatoms. The molecule has 1 aromatic rings. The Hall–Kier alpha value is -1.98. The molecule has 0 amide bonds. The van der Waals surface area contributed by atoms with Crippen molar-refractivity contribution in [2.24, 2.45) is 5.92 Å². The summed E-state index contributed by atoms with van der Waals surface area (Å²) in [7, 11) is 2.34. The van der Waals surface area contributed by atoms with E-state index in [0.29, 0.717) is 5.56 Å². The number of halogens is 1. The van der Waals surface area contributed by atoms with E-state index in [9.17, 15) is 14.0 Å². The maximum absolute atomic E-state index is 12.9. The van der Waals surface area contributed by atoms with Gasteiger partial charge < -0.3 is 9.47 Å². The predicted molar refractivity (Wildman–Crippen MR) is 55.4 cm³/mol. The van der Waals surface area contributed by atoms with Gasteiger partial charge in [0.05, 0.1) is 20.4 Å². The van der Waals surface area contributed by atoms with Crippen LogP contribution in [0.1, 0.15) is 5.56 Å². The van der Waals surface area contributed by atoms with Crippen molar-refractivity contribution < 1.29 is 23.5 Å². The topological polar surface area (TPSA) is 65.5 Å². The summed E-state index contributed by atoms with van der Waals surface area (Å²) in [4.78, 5) is 26.4. The molecule has 0 radical (unpaired) electrons. The van der Waals surface area contributed by atoms with Gasteiger partial charge in [0.1, 0.15) is 5.82 Å². The summed E-state index contributed by atoms with van der Waals surface area (Å²) in [6, 6.07) is 1.20. The molecule has 0 saturated carbocycles. The molecule has 0 saturated heterocycles. The van der Waals surface area contributed by atoms with E-state index >= 15 is 0 Å². The lowest BCUT2D eigenvalue weighted by Crippen LogP contribution is -2.28. The summed E-state index contributed by atoms with van der Waals surface area (Å²) in [5.74, 6) is -3.08. The van der Waals surface area contributed by atoms with Crippen molar-refractivity contribution in [3.63, 3.8) is 0 Å². The fraction of sp³-hybridized carbons (Fsp3) is 0.364. The van der Waals surface area contributed by atoms with E-state index in [2.05, 4.69) is 14.5 Å². The maximum Gasteiger partial charge on any atom is 0.320 e. The molecule has 0 aliphatic heterocycles. The second-order valence-corrected chi connectivity index (χ2v) is 3.31. The number of carbonyl (C=O) groups excluding carboxylic acids is 2. The molecule has 0 spiro atoms. The van der Waals surface area contributed by atoms with Crippen molar-refractivity contribution >= 4 is 11.9 Å². The molecule has 0 aliphatic carbocycles. The number of aromatic nitrogens is 1. The average Bonchev–Trinajstić information content (AvgIpc) is 2.34. The monoisotopic (exact) mass is 241 g/mol. The van der Waals surface area contributed by atoms with E-state index < -0.39 is 23.7 Å². The molecule has 0 N–H and O–H groups in total. The Bertz CT molecular complexity index is 406. The van der Waals surface area contributed by atoms with E-state index in [4.69, 9.17) is 0 Å². The number of esters is 2. The smallest absolute Gasteiger partial charge is 0.320 e. The van der Waals surface area contributed by atoms with Gasteiger partial charge in [-0.1, -0.05) is 0 Å². The van der Waals surface area contributed by atoms with Crippen LogP contribution in [0.2, 0.25) is 0 Å². The van der Waals surface area contributed by atoms with E-state index in [1.165, 1.54) is 26.5 Å². The van der Waals surface area contributed by atoms with E-state index in [0.717, 1.165) is 6.20 Å². The van der Waals surface area contributed by atoms with Crippen LogP contribution < -0.4 is 0 Å². The van der Waals surface area contributed by atoms with Gasteiger partial charge in [0, 0.05) is 6.20 Å². The fourth-order valence-electron chi connectivity index (χ4n) is 1.35. The molecule has 1 heterocycles. The lowest BCUT2D eigenvalue weighted by atomic mass is 10.0. The Morgan fingerprint density at radius 2 is 1.88 bits per heavy atom. The highest BCUT2D eigenvalue weighted by Crippen LogP contribution is 2.12. The van der Waals surface area contributed by atoms with Gasteiger partial charge in [-0.2, -0.15) is 0 Å². The van der Waals surface area contributed by atoms with Gasteiger partial charge in [0.25, 0.3) is 0 Å². The first-order valence-electron chi connectivity index (χ1n) is 4.83. The number of ether oxygens (including phenoxy) is 2. The van der Waals surface area contributed by atoms with Crippen LogP contribution in [0.15, 0.2) is 18.5 Å². The molecule has 0 unspecified atom stereocenters. The number of nitrogens with zero attached hydrogens (tertiary/aromatic N) is 1. The van der Waals surface area contributed by atoms with Gasteiger partial charge >= 0.3 is 11.9 Å². The first-order valence-corrected chi connectivity index (χ1v) is 4.83. The molecule has 0 aliphatic rings. The zero-order valence-electron chi connectivity index (χ0n) is 9.47. The highest BCUT2D eigenvalue weighted by atomic mass is 19.1. The molecule has 1 aromatic heterocycles.